The molecule has 0 spiro atoms. The van der Waals surface area contributed by atoms with Gasteiger partial charge in [-0.3, -0.25) is 0 Å². The zero-order chi connectivity index (χ0) is 18.4. The van der Waals surface area contributed by atoms with Gasteiger partial charge in [-0.25, -0.2) is 4.79 Å². The average molecular weight is 345 g/mol. The maximum atomic E-state index is 12.0. The Morgan fingerprint density at radius 3 is 2.54 bits per heavy atom. The molecule has 0 bridgehead atoms. The molecule has 0 aliphatic carbocycles. The van der Waals surface area contributed by atoms with Crippen molar-refractivity contribution in [1.29, 1.82) is 5.26 Å². The number of allylic oxidation sites excluding steroid dienone is 1. The number of ether oxygens (including phenoxy) is 2. The maximum absolute atomic E-state index is 12.0. The highest BCUT2D eigenvalue weighted by Crippen LogP contribution is 2.30. The van der Waals surface area contributed by atoms with Crippen molar-refractivity contribution in [3.05, 3.63) is 83.8 Å². The molecule has 0 unspecified atom stereocenters. The van der Waals surface area contributed by atoms with Gasteiger partial charge in [-0.2, -0.15) is 5.26 Å². The first-order valence-corrected chi connectivity index (χ1v) is 7.82. The van der Waals surface area contributed by atoms with Crippen LogP contribution >= 0.6 is 0 Å². The van der Waals surface area contributed by atoms with Crippen LogP contribution in [0.25, 0.3) is 11.6 Å². The molecule has 1 aromatic heterocycles. The molecule has 26 heavy (non-hydrogen) atoms. The molecule has 0 atom stereocenters. The standard InChI is InChI=1S/C21H15NO4/c1-24-20-13-15(12-17(14-22)16-6-3-2-4-7-16)9-10-18(20)26-21(23)19-8-5-11-25-19/h2-13H,1H3. The highest BCUT2D eigenvalue weighted by Gasteiger charge is 2.15. The molecule has 0 N–H and O–H groups in total. The Kier molecular flexibility index (Phi) is 5.16. The lowest BCUT2D eigenvalue weighted by atomic mass is 10.0. The third kappa shape index (κ3) is 3.82. The number of nitriles is 1. The Balaban J connectivity index is 1.88. The summed E-state index contributed by atoms with van der Waals surface area (Å²) in [5.74, 6) is 0.138. The molecule has 0 amide bonds. The molecule has 0 fully saturated rings. The Morgan fingerprint density at radius 1 is 1.08 bits per heavy atom. The fourth-order valence-electron chi connectivity index (χ4n) is 2.37. The van der Waals surface area contributed by atoms with Crippen LogP contribution in [0.3, 0.4) is 0 Å². The molecular weight excluding hydrogens is 330 g/mol. The van der Waals surface area contributed by atoms with E-state index in [0.717, 1.165) is 11.1 Å². The minimum absolute atomic E-state index is 0.104. The van der Waals surface area contributed by atoms with E-state index < -0.39 is 5.97 Å². The quantitative estimate of drug-likeness (QED) is 0.293. The third-order valence-electron chi connectivity index (χ3n) is 3.63. The highest BCUT2D eigenvalue weighted by molar-refractivity contribution is 5.90. The summed E-state index contributed by atoms with van der Waals surface area (Å²) < 4.78 is 15.6. The van der Waals surface area contributed by atoms with E-state index >= 15 is 0 Å². The van der Waals surface area contributed by atoms with Crippen LogP contribution in [0.2, 0.25) is 0 Å². The molecule has 3 rings (SSSR count). The molecule has 0 saturated heterocycles. The largest absolute Gasteiger partial charge is 0.493 e. The summed E-state index contributed by atoms with van der Waals surface area (Å²) in [6.45, 7) is 0. The number of carbonyl (C=O) groups is 1. The Labute approximate surface area is 150 Å². The lowest BCUT2D eigenvalue weighted by Crippen LogP contribution is -2.08. The number of hydrogen-bond donors (Lipinski definition) is 0. The zero-order valence-electron chi connectivity index (χ0n) is 14.0. The number of furan rings is 1. The van der Waals surface area contributed by atoms with E-state index in [1.807, 2.05) is 30.3 Å². The molecule has 0 aliphatic heterocycles. The van der Waals surface area contributed by atoms with Gasteiger partial charge in [-0.15, -0.1) is 0 Å². The van der Waals surface area contributed by atoms with Crippen LogP contribution in [0.15, 0.2) is 71.3 Å². The van der Waals surface area contributed by atoms with Crippen LogP contribution in [0, 0.1) is 11.3 Å². The van der Waals surface area contributed by atoms with Crippen molar-refractivity contribution in [3.8, 4) is 17.6 Å². The summed E-state index contributed by atoms with van der Waals surface area (Å²) in [7, 11) is 1.48. The van der Waals surface area contributed by atoms with Gasteiger partial charge < -0.3 is 13.9 Å². The highest BCUT2D eigenvalue weighted by atomic mass is 16.6. The van der Waals surface area contributed by atoms with E-state index in [-0.39, 0.29) is 11.5 Å². The SMILES string of the molecule is COc1cc(C=C(C#N)c2ccccc2)ccc1OC(=O)c1ccco1. The number of methoxy groups -OCH3 is 1. The smallest absolute Gasteiger partial charge is 0.379 e. The van der Waals surface area contributed by atoms with Crippen molar-refractivity contribution in [2.24, 2.45) is 0 Å². The molecule has 3 aromatic rings. The summed E-state index contributed by atoms with van der Waals surface area (Å²) in [5, 5.41) is 9.42. The van der Waals surface area contributed by atoms with Crippen LogP contribution < -0.4 is 9.47 Å². The third-order valence-corrected chi connectivity index (χ3v) is 3.63. The summed E-state index contributed by atoms with van der Waals surface area (Å²) in [6.07, 6.45) is 3.14. The fourth-order valence-corrected chi connectivity index (χ4v) is 2.37. The van der Waals surface area contributed by atoms with E-state index in [1.54, 1.807) is 30.3 Å². The van der Waals surface area contributed by atoms with Crippen LogP contribution in [0.5, 0.6) is 11.5 Å². The predicted molar refractivity (Wildman–Crippen MR) is 96.6 cm³/mol. The number of carbonyl (C=O) groups excluding carboxylic acids is 1. The Bertz CT molecular complexity index is 967. The zero-order valence-corrected chi connectivity index (χ0v) is 14.0. The topological polar surface area (TPSA) is 72.5 Å². The van der Waals surface area contributed by atoms with E-state index in [4.69, 9.17) is 13.9 Å². The molecular formula is C21H15NO4. The van der Waals surface area contributed by atoms with Crippen molar-refractivity contribution < 1.29 is 18.7 Å². The molecule has 128 valence electrons. The minimum atomic E-state index is -0.612. The number of hydrogen-bond acceptors (Lipinski definition) is 5. The van der Waals surface area contributed by atoms with Gasteiger partial charge in [0.15, 0.2) is 11.5 Å². The summed E-state index contributed by atoms with van der Waals surface area (Å²) in [5.41, 5.74) is 2.09. The monoisotopic (exact) mass is 345 g/mol. The van der Waals surface area contributed by atoms with Gasteiger partial charge in [-0.05, 0) is 41.5 Å². The second-order valence-electron chi connectivity index (χ2n) is 5.31. The Hall–Kier alpha value is -3.78. The first-order valence-electron chi connectivity index (χ1n) is 7.82. The fraction of sp³-hybridized carbons (Fsp3) is 0.0476. The molecule has 1 heterocycles. The number of nitrogens with zero attached hydrogens (tertiary/aromatic N) is 1. The molecule has 2 aromatic carbocycles. The lowest BCUT2D eigenvalue weighted by Gasteiger charge is -2.09. The van der Waals surface area contributed by atoms with Crippen molar-refractivity contribution in [3.63, 3.8) is 0 Å². The molecule has 0 saturated carbocycles. The van der Waals surface area contributed by atoms with Crippen LogP contribution in [-0.2, 0) is 0 Å². The summed E-state index contributed by atoms with van der Waals surface area (Å²) in [6, 6.07) is 19.7. The van der Waals surface area contributed by atoms with Gasteiger partial charge in [-0.1, -0.05) is 36.4 Å². The maximum Gasteiger partial charge on any atom is 0.379 e. The second-order valence-corrected chi connectivity index (χ2v) is 5.31. The second kappa shape index (κ2) is 7.86. The van der Waals surface area contributed by atoms with Crippen molar-refractivity contribution in [2.75, 3.05) is 7.11 Å². The van der Waals surface area contributed by atoms with Gasteiger partial charge in [0, 0.05) is 0 Å². The normalized spacial score (nSPS) is 10.8. The van der Waals surface area contributed by atoms with Crippen LogP contribution in [0.4, 0.5) is 0 Å². The van der Waals surface area contributed by atoms with Crippen molar-refractivity contribution in [1.82, 2.24) is 0 Å². The molecule has 0 aliphatic rings. The van der Waals surface area contributed by atoms with Gasteiger partial charge in [0.1, 0.15) is 0 Å². The molecule has 0 radical (unpaired) electrons. The number of benzene rings is 2. The van der Waals surface area contributed by atoms with E-state index in [1.165, 1.54) is 19.4 Å². The molecule has 5 heteroatoms. The van der Waals surface area contributed by atoms with Gasteiger partial charge in [0.05, 0.1) is 25.0 Å². The first kappa shape index (κ1) is 17.1. The number of rotatable bonds is 5. The van der Waals surface area contributed by atoms with Crippen LogP contribution in [-0.4, -0.2) is 13.1 Å². The van der Waals surface area contributed by atoms with Gasteiger partial charge in [0.2, 0.25) is 5.76 Å². The van der Waals surface area contributed by atoms with Gasteiger partial charge >= 0.3 is 5.97 Å². The van der Waals surface area contributed by atoms with E-state index in [2.05, 4.69) is 6.07 Å². The van der Waals surface area contributed by atoms with E-state index in [9.17, 15) is 10.1 Å². The minimum Gasteiger partial charge on any atom is -0.493 e. The summed E-state index contributed by atoms with van der Waals surface area (Å²) in [4.78, 5) is 12.0. The van der Waals surface area contributed by atoms with Gasteiger partial charge in [0.25, 0.3) is 0 Å². The lowest BCUT2D eigenvalue weighted by molar-refractivity contribution is 0.0696. The van der Waals surface area contributed by atoms with E-state index in [0.29, 0.717) is 11.3 Å². The molecule has 5 nitrogen and oxygen atoms in total. The van der Waals surface area contributed by atoms with Crippen molar-refractivity contribution in [2.45, 2.75) is 0 Å². The summed E-state index contributed by atoms with van der Waals surface area (Å²) >= 11 is 0. The predicted octanol–water partition coefficient (Wildman–Crippen LogP) is 4.57. The Morgan fingerprint density at radius 2 is 1.88 bits per heavy atom. The average Bonchev–Trinajstić information content (AvgIpc) is 3.22. The first-order chi connectivity index (χ1) is 12.7. The van der Waals surface area contributed by atoms with Crippen LogP contribution in [0.1, 0.15) is 21.7 Å². The van der Waals surface area contributed by atoms with Crippen molar-refractivity contribution >= 4 is 17.6 Å². The number of esters is 1.